The Hall–Kier alpha value is -1.51. The lowest BCUT2D eigenvalue weighted by Gasteiger charge is -2.00. The first-order chi connectivity index (χ1) is 5.72. The molecule has 63 valence electrons. The van der Waals surface area contributed by atoms with E-state index in [1.807, 2.05) is 0 Å². The Kier molecular flexibility index (Phi) is 2.69. The highest BCUT2D eigenvalue weighted by molar-refractivity contribution is 5.75. The number of methoxy groups -OCH3 is 1. The Bertz CT molecular complexity index is 266. The van der Waals surface area contributed by atoms with Crippen LogP contribution >= 0.6 is 0 Å². The van der Waals surface area contributed by atoms with Crippen molar-refractivity contribution in [3.05, 3.63) is 29.8 Å². The second-order valence-corrected chi connectivity index (χ2v) is 2.45. The fourth-order valence-electron chi connectivity index (χ4n) is 0.929. The minimum atomic E-state index is -0.569. The van der Waals surface area contributed by atoms with Gasteiger partial charge in [-0.2, -0.15) is 0 Å². The Labute approximate surface area is 71.1 Å². The molecule has 0 saturated heterocycles. The van der Waals surface area contributed by atoms with Crippen molar-refractivity contribution in [3.8, 4) is 5.75 Å². The predicted molar refractivity (Wildman–Crippen MR) is 44.8 cm³/mol. The second-order valence-electron chi connectivity index (χ2n) is 2.45. The van der Waals surface area contributed by atoms with Crippen LogP contribution in [0.3, 0.4) is 0 Å². The van der Waals surface area contributed by atoms with Gasteiger partial charge in [0.25, 0.3) is 0 Å². The third kappa shape index (κ3) is 2.27. The minimum Gasteiger partial charge on any atom is -0.497 e. The van der Waals surface area contributed by atoms with Gasteiger partial charge >= 0.3 is 0 Å². The van der Waals surface area contributed by atoms with Crippen molar-refractivity contribution >= 4 is 5.91 Å². The summed E-state index contributed by atoms with van der Waals surface area (Å²) in [4.78, 5) is 10.4. The smallest absolute Gasteiger partial charge is 0.242 e. The van der Waals surface area contributed by atoms with E-state index >= 15 is 0 Å². The van der Waals surface area contributed by atoms with Crippen LogP contribution in [0.25, 0.3) is 0 Å². The summed E-state index contributed by atoms with van der Waals surface area (Å²) in [6.07, 6.45) is 0.171. The first-order valence-corrected chi connectivity index (χ1v) is 3.59. The minimum absolute atomic E-state index is 0.171. The van der Waals surface area contributed by atoms with E-state index in [4.69, 9.17) is 10.5 Å². The molecule has 0 aliphatic heterocycles. The number of carbonyl (C=O) groups excluding carboxylic acids is 1. The van der Waals surface area contributed by atoms with E-state index in [0.717, 1.165) is 11.3 Å². The predicted octanol–water partition coefficient (Wildman–Crippen LogP) is 1.05. The molecule has 0 atom stereocenters. The van der Waals surface area contributed by atoms with Crippen LogP contribution in [0.2, 0.25) is 0 Å². The van der Waals surface area contributed by atoms with Gasteiger partial charge in [-0.05, 0) is 17.7 Å². The van der Waals surface area contributed by atoms with Crippen LogP contribution in [0.15, 0.2) is 24.3 Å². The highest BCUT2D eigenvalue weighted by Gasteiger charge is 1.98. The monoisotopic (exact) mass is 164 g/mol. The van der Waals surface area contributed by atoms with Gasteiger partial charge in [0.05, 0.1) is 13.5 Å². The molecule has 0 bridgehead atoms. The molecular weight excluding hydrogens is 154 g/mol. The number of amides is 1. The van der Waals surface area contributed by atoms with E-state index in [-0.39, 0.29) is 6.42 Å². The van der Waals surface area contributed by atoms with E-state index in [0.29, 0.717) is 0 Å². The number of rotatable bonds is 3. The summed E-state index contributed by atoms with van der Waals surface area (Å²) < 4.78 is 4.94. The Morgan fingerprint density at radius 3 is 2.42 bits per heavy atom. The van der Waals surface area contributed by atoms with Crippen molar-refractivity contribution in [3.63, 3.8) is 0 Å². The van der Waals surface area contributed by atoms with Crippen molar-refractivity contribution in [2.24, 2.45) is 0 Å². The maximum atomic E-state index is 10.4. The van der Waals surface area contributed by atoms with Crippen LogP contribution in [-0.2, 0) is 11.2 Å². The van der Waals surface area contributed by atoms with E-state index in [2.05, 4.69) is 0 Å². The second kappa shape index (κ2) is 3.76. The standard InChI is InChI=1S/C9H10NO2/c1-12-8-4-2-7(3-5-8)6-9(10)11/h2-5,10H,6H2,1H3. The lowest BCUT2D eigenvalue weighted by Crippen LogP contribution is -2.01. The number of ether oxygens (including phenoxy) is 1. The molecule has 3 heteroatoms. The number of nitrogens with one attached hydrogen (secondary N) is 1. The molecule has 1 aromatic rings. The molecule has 0 fully saturated rings. The summed E-state index contributed by atoms with van der Waals surface area (Å²) in [5.41, 5.74) is 7.59. The number of hydrogen-bond donors (Lipinski definition) is 0. The normalized spacial score (nSPS) is 9.42. The fraction of sp³-hybridized carbons (Fsp3) is 0.222. The zero-order chi connectivity index (χ0) is 8.97. The number of benzene rings is 1. The molecule has 0 saturated carbocycles. The van der Waals surface area contributed by atoms with Gasteiger partial charge in [-0.1, -0.05) is 12.1 Å². The highest BCUT2D eigenvalue weighted by Crippen LogP contribution is 2.11. The van der Waals surface area contributed by atoms with Crippen LogP contribution in [-0.4, -0.2) is 13.0 Å². The molecule has 0 unspecified atom stereocenters. The SMILES string of the molecule is COc1ccc(CC([NH])=O)cc1. The highest BCUT2D eigenvalue weighted by atomic mass is 16.5. The molecular formula is C9H10NO2. The van der Waals surface area contributed by atoms with Gasteiger partial charge in [0.2, 0.25) is 5.91 Å². The maximum absolute atomic E-state index is 10.4. The Morgan fingerprint density at radius 2 is 2.00 bits per heavy atom. The zero-order valence-electron chi connectivity index (χ0n) is 6.83. The summed E-state index contributed by atoms with van der Waals surface area (Å²) in [6, 6.07) is 7.12. The lowest BCUT2D eigenvalue weighted by molar-refractivity contribution is -0.118. The topological polar surface area (TPSA) is 50.1 Å². The molecule has 12 heavy (non-hydrogen) atoms. The molecule has 0 aliphatic rings. The van der Waals surface area contributed by atoms with Crippen molar-refractivity contribution in [2.75, 3.05) is 7.11 Å². The maximum Gasteiger partial charge on any atom is 0.242 e. The van der Waals surface area contributed by atoms with Gasteiger partial charge < -0.3 is 4.74 Å². The van der Waals surface area contributed by atoms with Crippen LogP contribution < -0.4 is 10.5 Å². The number of carbonyl (C=O) groups is 1. The van der Waals surface area contributed by atoms with Gasteiger partial charge in [-0.3, -0.25) is 10.5 Å². The first kappa shape index (κ1) is 8.59. The average molecular weight is 164 g/mol. The molecule has 3 nitrogen and oxygen atoms in total. The zero-order valence-corrected chi connectivity index (χ0v) is 6.83. The van der Waals surface area contributed by atoms with Crippen molar-refractivity contribution in [1.29, 1.82) is 0 Å². The van der Waals surface area contributed by atoms with Crippen molar-refractivity contribution in [2.45, 2.75) is 6.42 Å². The van der Waals surface area contributed by atoms with Crippen molar-refractivity contribution < 1.29 is 9.53 Å². The van der Waals surface area contributed by atoms with Crippen LogP contribution in [0.1, 0.15) is 5.56 Å². The van der Waals surface area contributed by atoms with Gasteiger partial charge in [0.15, 0.2) is 0 Å². The van der Waals surface area contributed by atoms with E-state index in [9.17, 15) is 4.79 Å². The third-order valence-electron chi connectivity index (χ3n) is 1.52. The van der Waals surface area contributed by atoms with Crippen LogP contribution in [0.5, 0.6) is 5.75 Å². The van der Waals surface area contributed by atoms with Gasteiger partial charge in [-0.25, -0.2) is 0 Å². The van der Waals surface area contributed by atoms with Crippen LogP contribution in [0, 0.1) is 0 Å². The summed E-state index contributed by atoms with van der Waals surface area (Å²) in [7, 11) is 1.59. The van der Waals surface area contributed by atoms with Crippen LogP contribution in [0.4, 0.5) is 0 Å². The summed E-state index contributed by atoms with van der Waals surface area (Å²) in [5.74, 6) is 0.191. The molecule has 1 rings (SSSR count). The quantitative estimate of drug-likeness (QED) is 0.670. The van der Waals surface area contributed by atoms with E-state index < -0.39 is 5.91 Å². The Balaban J connectivity index is 2.71. The molecule has 1 aromatic carbocycles. The van der Waals surface area contributed by atoms with Crippen molar-refractivity contribution in [1.82, 2.24) is 5.73 Å². The van der Waals surface area contributed by atoms with E-state index in [1.54, 1.807) is 31.4 Å². The largest absolute Gasteiger partial charge is 0.497 e. The molecule has 1 amide bonds. The molecule has 1 radical (unpaired) electrons. The fourth-order valence-corrected chi connectivity index (χ4v) is 0.929. The van der Waals surface area contributed by atoms with E-state index in [1.165, 1.54) is 0 Å². The molecule has 1 N–H and O–H groups in total. The van der Waals surface area contributed by atoms with Gasteiger partial charge in [-0.15, -0.1) is 0 Å². The Morgan fingerprint density at radius 1 is 1.42 bits per heavy atom. The molecule has 0 heterocycles. The first-order valence-electron chi connectivity index (χ1n) is 3.59. The molecule has 0 spiro atoms. The summed E-state index contributed by atoms with van der Waals surface area (Å²) in [5, 5.41) is 0. The van der Waals surface area contributed by atoms with Gasteiger partial charge in [0.1, 0.15) is 5.75 Å². The summed E-state index contributed by atoms with van der Waals surface area (Å²) in [6.45, 7) is 0. The third-order valence-corrected chi connectivity index (χ3v) is 1.52. The van der Waals surface area contributed by atoms with Gasteiger partial charge in [0, 0.05) is 0 Å². The molecule has 0 aliphatic carbocycles. The molecule has 0 aromatic heterocycles. The average Bonchev–Trinajstić information content (AvgIpc) is 2.05. The number of hydrogen-bond acceptors (Lipinski definition) is 2. The lowest BCUT2D eigenvalue weighted by atomic mass is 10.1. The summed E-state index contributed by atoms with van der Waals surface area (Å²) >= 11 is 0.